The predicted molar refractivity (Wildman–Crippen MR) is 129 cm³/mol. The number of para-hydroxylation sites is 1. The molecule has 4 heteroatoms. The van der Waals surface area contributed by atoms with E-state index in [1.54, 1.807) is 7.11 Å². The summed E-state index contributed by atoms with van der Waals surface area (Å²) in [5.74, 6) is 1.59. The highest BCUT2D eigenvalue weighted by molar-refractivity contribution is 5.92. The van der Waals surface area contributed by atoms with E-state index < -0.39 is 0 Å². The highest BCUT2D eigenvalue weighted by Gasteiger charge is 2.32. The first kappa shape index (κ1) is 20.7. The van der Waals surface area contributed by atoms with Crippen LogP contribution in [0.25, 0.3) is 22.2 Å². The van der Waals surface area contributed by atoms with E-state index >= 15 is 0 Å². The Hall–Kier alpha value is -3.24. The van der Waals surface area contributed by atoms with E-state index in [4.69, 9.17) is 4.74 Å². The largest absolute Gasteiger partial charge is 0.497 e. The summed E-state index contributed by atoms with van der Waals surface area (Å²) in [6, 6.07) is 26.8. The third-order valence-corrected chi connectivity index (χ3v) is 6.80. The first-order chi connectivity index (χ1) is 15.7. The van der Waals surface area contributed by atoms with Crippen molar-refractivity contribution >= 4 is 10.9 Å². The van der Waals surface area contributed by atoms with E-state index in [0.717, 1.165) is 52.5 Å². The number of nitrogens with zero attached hydrogens (tertiary/aromatic N) is 2. The third kappa shape index (κ3) is 3.65. The standard InChI is InChI=1S/C28H30N2O2/c1-20-15-17-29(18-16-20)27(22-11-8-12-23(19-22)32-2)26-24-13-6-7-14-25(24)30(31)28(26)21-9-4-3-5-10-21/h3-14,19-20,27,31H,15-18H2,1-2H3. The van der Waals surface area contributed by atoms with E-state index in [0.29, 0.717) is 0 Å². The molecule has 1 aliphatic rings. The van der Waals surface area contributed by atoms with E-state index in [1.807, 2.05) is 36.4 Å². The maximum atomic E-state index is 11.3. The number of rotatable bonds is 5. The maximum Gasteiger partial charge on any atom is 0.119 e. The summed E-state index contributed by atoms with van der Waals surface area (Å²) in [5, 5.41) is 12.4. The molecule has 1 unspecified atom stereocenters. The van der Waals surface area contributed by atoms with Crippen molar-refractivity contribution in [3.63, 3.8) is 0 Å². The zero-order valence-corrected chi connectivity index (χ0v) is 18.7. The van der Waals surface area contributed by atoms with Crippen LogP contribution in [0.15, 0.2) is 78.9 Å². The summed E-state index contributed by atoms with van der Waals surface area (Å²) in [4.78, 5) is 2.57. The molecule has 1 fully saturated rings. The predicted octanol–water partition coefficient (Wildman–Crippen LogP) is 6.38. The molecule has 1 saturated heterocycles. The highest BCUT2D eigenvalue weighted by atomic mass is 16.5. The fraction of sp³-hybridized carbons (Fsp3) is 0.286. The summed E-state index contributed by atoms with van der Waals surface area (Å²) in [7, 11) is 1.71. The summed E-state index contributed by atoms with van der Waals surface area (Å²) in [6.45, 7) is 4.40. The molecule has 5 rings (SSSR count). The van der Waals surface area contributed by atoms with E-state index in [9.17, 15) is 5.21 Å². The number of benzene rings is 3. The van der Waals surface area contributed by atoms with Gasteiger partial charge in [-0.1, -0.05) is 67.6 Å². The molecule has 1 atom stereocenters. The second-order valence-corrected chi connectivity index (χ2v) is 8.85. The van der Waals surface area contributed by atoms with Gasteiger partial charge in [0.15, 0.2) is 0 Å². The SMILES string of the molecule is COc1cccc(C(c2c(-c3ccccc3)n(O)c3ccccc23)N2CCC(C)CC2)c1. The molecule has 0 saturated carbocycles. The average molecular weight is 427 g/mol. The monoisotopic (exact) mass is 426 g/mol. The first-order valence-electron chi connectivity index (χ1n) is 11.4. The molecule has 2 heterocycles. The van der Waals surface area contributed by atoms with Gasteiger partial charge in [-0.3, -0.25) is 4.90 Å². The Labute approximate surface area is 189 Å². The molecular formula is C28H30N2O2. The molecule has 4 aromatic rings. The van der Waals surface area contributed by atoms with Crippen LogP contribution in [0.3, 0.4) is 0 Å². The summed E-state index contributed by atoms with van der Waals surface area (Å²) >= 11 is 0. The number of fused-ring (bicyclic) bond motifs is 1. The minimum absolute atomic E-state index is 0.0195. The van der Waals surface area contributed by atoms with Gasteiger partial charge in [-0.25, -0.2) is 0 Å². The molecule has 3 aromatic carbocycles. The topological polar surface area (TPSA) is 37.6 Å². The quantitative estimate of drug-likeness (QED) is 0.377. The van der Waals surface area contributed by atoms with Crippen molar-refractivity contribution in [3.8, 4) is 17.0 Å². The molecule has 1 N–H and O–H groups in total. The van der Waals surface area contributed by atoms with Crippen LogP contribution in [0.2, 0.25) is 0 Å². The lowest BCUT2D eigenvalue weighted by Crippen LogP contribution is -2.37. The van der Waals surface area contributed by atoms with Gasteiger partial charge >= 0.3 is 0 Å². The van der Waals surface area contributed by atoms with Crippen molar-refractivity contribution in [2.24, 2.45) is 5.92 Å². The van der Waals surface area contributed by atoms with Crippen molar-refractivity contribution in [1.29, 1.82) is 0 Å². The van der Waals surface area contributed by atoms with E-state index in [1.165, 1.54) is 23.1 Å². The van der Waals surface area contributed by atoms with Gasteiger partial charge in [-0.15, -0.1) is 0 Å². The Bertz CT molecular complexity index is 1210. The third-order valence-electron chi connectivity index (χ3n) is 6.80. The number of methoxy groups -OCH3 is 1. The Balaban J connectivity index is 1.78. The van der Waals surface area contributed by atoms with Crippen molar-refractivity contribution in [3.05, 3.63) is 90.0 Å². The van der Waals surface area contributed by atoms with Crippen LogP contribution in [0, 0.1) is 5.92 Å². The minimum atomic E-state index is 0.0195. The fourth-order valence-corrected chi connectivity index (χ4v) is 5.06. The molecular weight excluding hydrogens is 396 g/mol. The molecule has 0 amide bonds. The average Bonchev–Trinajstić information content (AvgIpc) is 3.13. The van der Waals surface area contributed by atoms with E-state index in [2.05, 4.69) is 54.3 Å². The van der Waals surface area contributed by atoms with Crippen LogP contribution < -0.4 is 4.74 Å². The van der Waals surface area contributed by atoms with E-state index in [-0.39, 0.29) is 6.04 Å². The van der Waals surface area contributed by atoms with Gasteiger partial charge in [0.05, 0.1) is 24.4 Å². The fourth-order valence-electron chi connectivity index (χ4n) is 5.06. The molecule has 0 aliphatic carbocycles. The number of aromatic nitrogens is 1. The minimum Gasteiger partial charge on any atom is -0.497 e. The van der Waals surface area contributed by atoms with Gasteiger partial charge in [0.1, 0.15) is 5.75 Å². The lowest BCUT2D eigenvalue weighted by Gasteiger charge is -2.37. The molecule has 1 aliphatic heterocycles. The van der Waals surface area contributed by atoms with Crippen molar-refractivity contribution < 1.29 is 9.94 Å². The number of hydrogen-bond donors (Lipinski definition) is 1. The lowest BCUT2D eigenvalue weighted by molar-refractivity contribution is 0.156. The Morgan fingerprint density at radius 2 is 1.62 bits per heavy atom. The smallest absolute Gasteiger partial charge is 0.119 e. The maximum absolute atomic E-state index is 11.3. The van der Waals surface area contributed by atoms with Crippen LogP contribution in [0.4, 0.5) is 0 Å². The van der Waals surface area contributed by atoms with Crippen molar-refractivity contribution in [1.82, 2.24) is 9.63 Å². The second-order valence-electron chi connectivity index (χ2n) is 8.85. The summed E-state index contributed by atoms with van der Waals surface area (Å²) in [6.07, 6.45) is 2.36. The molecule has 164 valence electrons. The highest BCUT2D eigenvalue weighted by Crippen LogP contribution is 2.43. The number of likely N-dealkylation sites (tertiary alicyclic amines) is 1. The molecule has 32 heavy (non-hydrogen) atoms. The van der Waals surface area contributed by atoms with Gasteiger partial charge in [0, 0.05) is 16.5 Å². The number of ether oxygens (including phenoxy) is 1. The van der Waals surface area contributed by atoms with Gasteiger partial charge in [0.2, 0.25) is 0 Å². The van der Waals surface area contributed by atoms with Crippen LogP contribution in [-0.4, -0.2) is 35.0 Å². The van der Waals surface area contributed by atoms with Crippen LogP contribution >= 0.6 is 0 Å². The van der Waals surface area contributed by atoms with Gasteiger partial charge in [-0.05, 0) is 55.6 Å². The number of piperidine rings is 1. The van der Waals surface area contributed by atoms with Crippen LogP contribution in [0.1, 0.15) is 36.9 Å². The Morgan fingerprint density at radius 1 is 0.906 bits per heavy atom. The molecule has 1 aromatic heterocycles. The van der Waals surface area contributed by atoms with Crippen LogP contribution in [0.5, 0.6) is 5.75 Å². The Morgan fingerprint density at radius 3 is 2.38 bits per heavy atom. The van der Waals surface area contributed by atoms with Gasteiger partial charge < -0.3 is 9.94 Å². The number of hydrogen-bond acceptors (Lipinski definition) is 3. The molecule has 0 radical (unpaired) electrons. The zero-order valence-electron chi connectivity index (χ0n) is 18.7. The molecule has 0 spiro atoms. The van der Waals surface area contributed by atoms with Gasteiger partial charge in [0.25, 0.3) is 0 Å². The Kier molecular flexibility index (Phi) is 5.62. The lowest BCUT2D eigenvalue weighted by atomic mass is 9.89. The molecule has 4 nitrogen and oxygen atoms in total. The normalized spacial score (nSPS) is 16.3. The molecule has 0 bridgehead atoms. The first-order valence-corrected chi connectivity index (χ1v) is 11.4. The van der Waals surface area contributed by atoms with Crippen molar-refractivity contribution in [2.75, 3.05) is 20.2 Å². The van der Waals surface area contributed by atoms with Crippen molar-refractivity contribution in [2.45, 2.75) is 25.8 Å². The van der Waals surface area contributed by atoms with Gasteiger partial charge in [-0.2, -0.15) is 4.73 Å². The zero-order chi connectivity index (χ0) is 22.1. The van der Waals surface area contributed by atoms with Crippen LogP contribution in [-0.2, 0) is 0 Å². The summed E-state index contributed by atoms with van der Waals surface area (Å²) < 4.78 is 6.95. The second kappa shape index (κ2) is 8.71. The summed E-state index contributed by atoms with van der Waals surface area (Å²) in [5.41, 5.74) is 5.04.